The number of amides is 1. The first-order chi connectivity index (χ1) is 9.49. The average molecular weight is 311 g/mol. The summed E-state index contributed by atoms with van der Waals surface area (Å²) >= 11 is 2.97. The second kappa shape index (κ2) is 6.27. The molecule has 0 unspecified atom stereocenters. The summed E-state index contributed by atoms with van der Waals surface area (Å²) in [6.45, 7) is 4.46. The first kappa shape index (κ1) is 14.9. The largest absolute Gasteiger partial charge is 0.340 e. The van der Waals surface area contributed by atoms with Gasteiger partial charge in [0.1, 0.15) is 5.82 Å². The SMILES string of the molecule is Cc1ccsc1CN(C)C(=O)CSc1nnc(C)n1N. The molecule has 0 bridgehead atoms. The number of rotatable bonds is 5. The Bertz CT molecular complexity index is 607. The topological polar surface area (TPSA) is 77.0 Å². The average Bonchev–Trinajstić information content (AvgIpc) is 2.96. The Hall–Kier alpha value is -1.54. The quantitative estimate of drug-likeness (QED) is 0.667. The lowest BCUT2D eigenvalue weighted by Gasteiger charge is -2.16. The van der Waals surface area contributed by atoms with Gasteiger partial charge in [-0.15, -0.1) is 21.5 Å². The number of thioether (sulfide) groups is 1. The molecule has 0 aromatic carbocycles. The van der Waals surface area contributed by atoms with Crippen molar-refractivity contribution < 1.29 is 4.79 Å². The second-order valence-corrected chi connectivity index (χ2v) is 6.41. The molecule has 0 aliphatic carbocycles. The van der Waals surface area contributed by atoms with Crippen LogP contribution in [0.1, 0.15) is 16.3 Å². The molecular weight excluding hydrogens is 294 g/mol. The Morgan fingerprint density at radius 1 is 1.50 bits per heavy atom. The van der Waals surface area contributed by atoms with Crippen molar-refractivity contribution in [3.05, 3.63) is 27.7 Å². The summed E-state index contributed by atoms with van der Waals surface area (Å²) in [4.78, 5) is 15.0. The van der Waals surface area contributed by atoms with Crippen molar-refractivity contribution >= 4 is 29.0 Å². The van der Waals surface area contributed by atoms with E-state index in [4.69, 9.17) is 5.84 Å². The van der Waals surface area contributed by atoms with Gasteiger partial charge in [0.05, 0.1) is 12.3 Å². The molecule has 20 heavy (non-hydrogen) atoms. The Morgan fingerprint density at radius 3 is 2.80 bits per heavy atom. The Labute approximate surface area is 125 Å². The van der Waals surface area contributed by atoms with Gasteiger partial charge in [-0.2, -0.15) is 0 Å². The predicted octanol–water partition coefficient (Wildman–Crippen LogP) is 1.42. The van der Waals surface area contributed by atoms with E-state index in [0.717, 1.165) is 0 Å². The molecule has 6 nitrogen and oxygen atoms in total. The molecule has 108 valence electrons. The molecule has 2 heterocycles. The van der Waals surface area contributed by atoms with Crippen LogP contribution in [0, 0.1) is 13.8 Å². The fourth-order valence-electron chi connectivity index (χ4n) is 1.55. The molecule has 0 spiro atoms. The number of nitrogens with zero attached hydrogens (tertiary/aromatic N) is 4. The van der Waals surface area contributed by atoms with Crippen LogP contribution in [0.2, 0.25) is 0 Å². The van der Waals surface area contributed by atoms with E-state index in [1.807, 2.05) is 5.38 Å². The van der Waals surface area contributed by atoms with Gasteiger partial charge < -0.3 is 10.7 Å². The molecule has 0 radical (unpaired) electrons. The minimum absolute atomic E-state index is 0.0449. The maximum Gasteiger partial charge on any atom is 0.233 e. The molecule has 2 N–H and O–H groups in total. The molecule has 1 amide bonds. The summed E-state index contributed by atoms with van der Waals surface area (Å²) in [6, 6.07) is 2.06. The predicted molar refractivity (Wildman–Crippen MR) is 81.2 cm³/mol. The van der Waals surface area contributed by atoms with Crippen molar-refractivity contribution in [1.82, 2.24) is 19.8 Å². The summed E-state index contributed by atoms with van der Waals surface area (Å²) in [5, 5.41) is 10.4. The lowest BCUT2D eigenvalue weighted by Crippen LogP contribution is -2.28. The number of hydrogen-bond acceptors (Lipinski definition) is 6. The van der Waals surface area contributed by atoms with E-state index >= 15 is 0 Å². The molecule has 2 rings (SSSR count). The smallest absolute Gasteiger partial charge is 0.233 e. The molecular formula is C12H17N5OS2. The van der Waals surface area contributed by atoms with Gasteiger partial charge in [-0.25, -0.2) is 4.68 Å². The van der Waals surface area contributed by atoms with Crippen LogP contribution in [0.3, 0.4) is 0 Å². The number of aromatic nitrogens is 3. The summed E-state index contributed by atoms with van der Waals surface area (Å²) in [5.74, 6) is 6.72. The van der Waals surface area contributed by atoms with Crippen LogP contribution in [0.25, 0.3) is 0 Å². The Morgan fingerprint density at radius 2 is 2.25 bits per heavy atom. The van der Waals surface area contributed by atoms with Gasteiger partial charge >= 0.3 is 0 Å². The molecule has 0 saturated carbocycles. The van der Waals surface area contributed by atoms with E-state index in [-0.39, 0.29) is 5.91 Å². The van der Waals surface area contributed by atoms with Gasteiger partial charge in [0.15, 0.2) is 0 Å². The maximum atomic E-state index is 12.1. The fourth-order valence-corrected chi connectivity index (χ4v) is 3.36. The zero-order valence-corrected chi connectivity index (χ0v) is 13.3. The van der Waals surface area contributed by atoms with E-state index in [9.17, 15) is 4.79 Å². The normalized spacial score (nSPS) is 10.8. The minimum atomic E-state index is 0.0449. The van der Waals surface area contributed by atoms with Crippen molar-refractivity contribution in [1.29, 1.82) is 0 Å². The number of nitrogens with two attached hydrogens (primary N) is 1. The number of thiophene rings is 1. The number of carbonyl (C=O) groups is 1. The third kappa shape index (κ3) is 3.31. The molecule has 0 aliphatic rings. The van der Waals surface area contributed by atoms with Crippen LogP contribution in [0.5, 0.6) is 0 Å². The van der Waals surface area contributed by atoms with Crippen molar-refractivity contribution in [3.8, 4) is 0 Å². The molecule has 8 heteroatoms. The van der Waals surface area contributed by atoms with Crippen LogP contribution in [0.4, 0.5) is 0 Å². The second-order valence-electron chi connectivity index (χ2n) is 4.47. The molecule has 2 aromatic heterocycles. The Kier molecular flexibility index (Phi) is 4.66. The highest BCUT2D eigenvalue weighted by molar-refractivity contribution is 7.99. The van der Waals surface area contributed by atoms with Gasteiger partial charge in [-0.3, -0.25) is 4.79 Å². The number of aryl methyl sites for hydroxylation is 2. The fraction of sp³-hybridized carbons (Fsp3) is 0.417. The van der Waals surface area contributed by atoms with Crippen LogP contribution in [-0.2, 0) is 11.3 Å². The highest BCUT2D eigenvalue weighted by Gasteiger charge is 2.14. The van der Waals surface area contributed by atoms with Crippen LogP contribution >= 0.6 is 23.1 Å². The molecule has 2 aromatic rings. The first-order valence-corrected chi connectivity index (χ1v) is 7.92. The zero-order chi connectivity index (χ0) is 14.7. The van der Waals surface area contributed by atoms with E-state index in [1.165, 1.54) is 26.9 Å². The maximum absolute atomic E-state index is 12.1. The molecule has 0 aliphatic heterocycles. The van der Waals surface area contributed by atoms with Crippen LogP contribution in [-0.4, -0.2) is 38.5 Å². The van der Waals surface area contributed by atoms with Crippen LogP contribution < -0.4 is 5.84 Å². The van der Waals surface area contributed by atoms with Crippen molar-refractivity contribution in [2.45, 2.75) is 25.5 Å². The first-order valence-electron chi connectivity index (χ1n) is 6.06. The number of nitrogen functional groups attached to an aromatic ring is 1. The van der Waals surface area contributed by atoms with Gasteiger partial charge in [0, 0.05) is 11.9 Å². The van der Waals surface area contributed by atoms with Gasteiger partial charge in [0.2, 0.25) is 11.1 Å². The van der Waals surface area contributed by atoms with E-state index < -0.39 is 0 Å². The van der Waals surface area contributed by atoms with E-state index in [2.05, 4.69) is 23.2 Å². The highest BCUT2D eigenvalue weighted by atomic mass is 32.2. The van der Waals surface area contributed by atoms with Gasteiger partial charge in [0.25, 0.3) is 0 Å². The van der Waals surface area contributed by atoms with Gasteiger partial charge in [-0.05, 0) is 30.9 Å². The highest BCUT2D eigenvalue weighted by Crippen LogP contribution is 2.19. The third-order valence-electron chi connectivity index (χ3n) is 2.93. The monoisotopic (exact) mass is 311 g/mol. The van der Waals surface area contributed by atoms with E-state index in [0.29, 0.717) is 23.3 Å². The minimum Gasteiger partial charge on any atom is -0.340 e. The van der Waals surface area contributed by atoms with Crippen molar-refractivity contribution in [3.63, 3.8) is 0 Å². The number of hydrogen-bond donors (Lipinski definition) is 1. The van der Waals surface area contributed by atoms with Crippen LogP contribution in [0.15, 0.2) is 16.6 Å². The van der Waals surface area contributed by atoms with Gasteiger partial charge in [-0.1, -0.05) is 11.8 Å². The zero-order valence-electron chi connectivity index (χ0n) is 11.7. The summed E-state index contributed by atoms with van der Waals surface area (Å²) in [6.07, 6.45) is 0. The van der Waals surface area contributed by atoms with Crippen molar-refractivity contribution in [2.24, 2.45) is 0 Å². The van der Waals surface area contributed by atoms with Crippen molar-refractivity contribution in [2.75, 3.05) is 18.6 Å². The standard InChI is InChI=1S/C12H17N5OS2/c1-8-4-5-19-10(8)6-16(3)11(18)7-20-12-15-14-9(2)17(12)13/h4-5H,6-7,13H2,1-3H3. The van der Waals surface area contributed by atoms with E-state index in [1.54, 1.807) is 30.2 Å². The molecule has 0 fully saturated rings. The third-order valence-corrected chi connectivity index (χ3v) is 4.87. The number of carbonyl (C=O) groups excluding carboxylic acids is 1. The molecule has 0 atom stereocenters. The summed E-state index contributed by atoms with van der Waals surface area (Å²) in [7, 11) is 1.81. The molecule has 0 saturated heterocycles. The Balaban J connectivity index is 1.88. The summed E-state index contributed by atoms with van der Waals surface area (Å²) < 4.78 is 1.39. The summed E-state index contributed by atoms with van der Waals surface area (Å²) in [5.41, 5.74) is 1.22. The lowest BCUT2D eigenvalue weighted by molar-refractivity contribution is -0.127. The lowest BCUT2D eigenvalue weighted by atomic mass is 10.3.